The van der Waals surface area contributed by atoms with Gasteiger partial charge in [0.25, 0.3) is 0 Å². The highest BCUT2D eigenvalue weighted by Gasteiger charge is 2.02. The van der Waals surface area contributed by atoms with Crippen LogP contribution in [0.4, 0.5) is 5.69 Å². The van der Waals surface area contributed by atoms with Crippen molar-refractivity contribution < 1.29 is 4.79 Å². The summed E-state index contributed by atoms with van der Waals surface area (Å²) in [6.07, 6.45) is 0. The largest absolute Gasteiger partial charge is 0.357 e. The molecule has 0 aliphatic rings. The van der Waals surface area contributed by atoms with E-state index >= 15 is 0 Å². The van der Waals surface area contributed by atoms with Gasteiger partial charge in [0.1, 0.15) is 0 Å². The predicted octanol–water partition coefficient (Wildman–Crippen LogP) is 1.52. The number of benzene rings is 1. The Labute approximate surface area is 84.7 Å². The molecule has 1 rings (SSSR count). The van der Waals surface area contributed by atoms with Crippen LogP contribution in [0.15, 0.2) is 24.3 Å². The topological polar surface area (TPSA) is 32.3 Å². The summed E-state index contributed by atoms with van der Waals surface area (Å²) >= 11 is 0. The zero-order chi connectivity index (χ0) is 10.6. The molecular weight excluding hydrogens is 176 g/mol. The van der Waals surface area contributed by atoms with Crippen molar-refractivity contribution in [2.75, 3.05) is 18.6 Å². The van der Waals surface area contributed by atoms with Crippen LogP contribution in [0.25, 0.3) is 0 Å². The monoisotopic (exact) mass is 192 g/mol. The quantitative estimate of drug-likeness (QED) is 0.736. The van der Waals surface area contributed by atoms with Crippen molar-refractivity contribution in [2.45, 2.75) is 13.8 Å². The molecule has 0 saturated heterocycles. The van der Waals surface area contributed by atoms with Crippen LogP contribution >= 0.6 is 0 Å². The molecule has 1 aromatic carbocycles. The van der Waals surface area contributed by atoms with Crippen molar-refractivity contribution in [2.24, 2.45) is 0 Å². The summed E-state index contributed by atoms with van der Waals surface area (Å²) in [6, 6.07) is 8.09. The van der Waals surface area contributed by atoms with E-state index < -0.39 is 0 Å². The first-order valence-electron chi connectivity index (χ1n) is 4.62. The number of rotatable bonds is 3. The minimum Gasteiger partial charge on any atom is -0.357 e. The number of anilines is 1. The summed E-state index contributed by atoms with van der Waals surface area (Å²) in [6.45, 7) is 4.12. The molecule has 76 valence electrons. The number of carbonyl (C=O) groups excluding carboxylic acids is 1. The molecule has 0 fully saturated rings. The molecule has 14 heavy (non-hydrogen) atoms. The SMILES string of the molecule is CC(=O)NCN(C)c1ccccc1C. The number of nitrogens with one attached hydrogen (secondary N) is 1. The van der Waals surface area contributed by atoms with Crippen molar-refractivity contribution in [1.29, 1.82) is 0 Å². The second-order valence-corrected chi connectivity index (χ2v) is 3.38. The molecule has 0 radical (unpaired) electrons. The lowest BCUT2D eigenvalue weighted by molar-refractivity contribution is -0.118. The van der Waals surface area contributed by atoms with Crippen LogP contribution in [0.1, 0.15) is 12.5 Å². The molecule has 1 amide bonds. The summed E-state index contributed by atoms with van der Waals surface area (Å²) in [5.41, 5.74) is 2.35. The Morgan fingerprint density at radius 2 is 2.07 bits per heavy atom. The Balaban J connectivity index is 2.65. The van der Waals surface area contributed by atoms with E-state index in [1.54, 1.807) is 0 Å². The van der Waals surface area contributed by atoms with E-state index in [2.05, 4.69) is 18.3 Å². The second kappa shape index (κ2) is 4.65. The lowest BCUT2D eigenvalue weighted by atomic mass is 10.2. The minimum absolute atomic E-state index is 0.00886. The third kappa shape index (κ3) is 2.76. The van der Waals surface area contributed by atoms with Crippen LogP contribution in [-0.2, 0) is 4.79 Å². The molecule has 3 nitrogen and oxygen atoms in total. The Bertz CT molecular complexity index is 323. The normalized spacial score (nSPS) is 9.64. The number of hydrogen-bond donors (Lipinski definition) is 1. The van der Waals surface area contributed by atoms with E-state index in [9.17, 15) is 4.79 Å². The van der Waals surface area contributed by atoms with E-state index in [0.717, 1.165) is 5.69 Å². The van der Waals surface area contributed by atoms with Gasteiger partial charge in [-0.3, -0.25) is 4.79 Å². The molecule has 3 heteroatoms. The van der Waals surface area contributed by atoms with Crippen molar-refractivity contribution in [3.8, 4) is 0 Å². The van der Waals surface area contributed by atoms with E-state index in [1.165, 1.54) is 12.5 Å². The first-order valence-corrected chi connectivity index (χ1v) is 4.62. The molecule has 0 aromatic heterocycles. The molecule has 0 bridgehead atoms. The van der Waals surface area contributed by atoms with Crippen LogP contribution in [0.5, 0.6) is 0 Å². The molecule has 0 unspecified atom stereocenters. The van der Waals surface area contributed by atoms with Gasteiger partial charge in [-0.25, -0.2) is 0 Å². The number of nitrogens with zero attached hydrogens (tertiary/aromatic N) is 1. The molecular formula is C11H16N2O. The second-order valence-electron chi connectivity index (χ2n) is 3.38. The van der Waals surface area contributed by atoms with E-state index in [0.29, 0.717) is 6.67 Å². The third-order valence-electron chi connectivity index (χ3n) is 2.09. The summed E-state index contributed by atoms with van der Waals surface area (Å²) in [5, 5.41) is 2.76. The minimum atomic E-state index is -0.00886. The molecule has 0 aliphatic carbocycles. The Morgan fingerprint density at radius 3 is 2.64 bits per heavy atom. The molecule has 0 atom stereocenters. The average molecular weight is 192 g/mol. The maximum atomic E-state index is 10.7. The predicted molar refractivity (Wildman–Crippen MR) is 58.3 cm³/mol. The number of para-hydroxylation sites is 1. The summed E-state index contributed by atoms with van der Waals surface area (Å²) in [7, 11) is 1.96. The smallest absolute Gasteiger partial charge is 0.218 e. The maximum Gasteiger partial charge on any atom is 0.218 e. The summed E-state index contributed by atoms with van der Waals surface area (Å²) in [5.74, 6) is -0.00886. The van der Waals surface area contributed by atoms with Crippen LogP contribution in [-0.4, -0.2) is 19.6 Å². The first-order chi connectivity index (χ1) is 6.61. The zero-order valence-electron chi connectivity index (χ0n) is 8.87. The Hall–Kier alpha value is -1.51. The standard InChI is InChI=1S/C11H16N2O/c1-9-6-4-5-7-11(9)13(3)8-12-10(2)14/h4-7H,8H2,1-3H3,(H,12,14). The number of carbonyl (C=O) groups is 1. The van der Waals surface area contributed by atoms with Crippen molar-refractivity contribution >= 4 is 11.6 Å². The maximum absolute atomic E-state index is 10.7. The van der Waals surface area contributed by atoms with Crippen LogP contribution < -0.4 is 10.2 Å². The zero-order valence-corrected chi connectivity index (χ0v) is 8.87. The van der Waals surface area contributed by atoms with E-state index in [-0.39, 0.29) is 5.91 Å². The molecule has 0 spiro atoms. The highest BCUT2D eigenvalue weighted by atomic mass is 16.1. The molecule has 1 N–H and O–H groups in total. The Kier molecular flexibility index (Phi) is 3.51. The number of hydrogen-bond acceptors (Lipinski definition) is 2. The Morgan fingerprint density at radius 1 is 1.43 bits per heavy atom. The van der Waals surface area contributed by atoms with Gasteiger partial charge in [-0.1, -0.05) is 18.2 Å². The average Bonchev–Trinajstić information content (AvgIpc) is 2.15. The molecule has 0 heterocycles. The van der Waals surface area contributed by atoms with Crippen LogP contribution in [0.3, 0.4) is 0 Å². The summed E-state index contributed by atoms with van der Waals surface area (Å²) < 4.78 is 0. The van der Waals surface area contributed by atoms with Gasteiger partial charge in [0, 0.05) is 19.7 Å². The highest BCUT2D eigenvalue weighted by molar-refractivity contribution is 5.73. The van der Waals surface area contributed by atoms with E-state index in [4.69, 9.17) is 0 Å². The molecule has 0 saturated carbocycles. The summed E-state index contributed by atoms with van der Waals surface area (Å²) in [4.78, 5) is 12.7. The van der Waals surface area contributed by atoms with Gasteiger partial charge >= 0.3 is 0 Å². The van der Waals surface area contributed by atoms with Crippen molar-refractivity contribution in [3.63, 3.8) is 0 Å². The number of amides is 1. The van der Waals surface area contributed by atoms with Gasteiger partial charge in [0.2, 0.25) is 5.91 Å². The highest BCUT2D eigenvalue weighted by Crippen LogP contribution is 2.16. The van der Waals surface area contributed by atoms with E-state index in [1.807, 2.05) is 30.1 Å². The van der Waals surface area contributed by atoms with Gasteiger partial charge in [-0.2, -0.15) is 0 Å². The van der Waals surface area contributed by atoms with Crippen molar-refractivity contribution in [3.05, 3.63) is 29.8 Å². The van der Waals surface area contributed by atoms with Gasteiger partial charge in [-0.05, 0) is 18.6 Å². The van der Waals surface area contributed by atoms with Gasteiger partial charge in [0.15, 0.2) is 0 Å². The lowest BCUT2D eigenvalue weighted by Gasteiger charge is -2.21. The van der Waals surface area contributed by atoms with Gasteiger partial charge in [-0.15, -0.1) is 0 Å². The first kappa shape index (κ1) is 10.6. The number of aryl methyl sites for hydroxylation is 1. The fraction of sp³-hybridized carbons (Fsp3) is 0.364. The van der Waals surface area contributed by atoms with Crippen LogP contribution in [0.2, 0.25) is 0 Å². The third-order valence-corrected chi connectivity index (χ3v) is 2.09. The van der Waals surface area contributed by atoms with Gasteiger partial charge in [0.05, 0.1) is 6.67 Å². The molecule has 0 aliphatic heterocycles. The fourth-order valence-electron chi connectivity index (χ4n) is 1.31. The van der Waals surface area contributed by atoms with Gasteiger partial charge < -0.3 is 10.2 Å². The molecule has 1 aromatic rings. The lowest BCUT2D eigenvalue weighted by Crippen LogP contribution is -2.34. The fourth-order valence-corrected chi connectivity index (χ4v) is 1.31. The van der Waals surface area contributed by atoms with Crippen molar-refractivity contribution in [1.82, 2.24) is 5.32 Å². The van der Waals surface area contributed by atoms with Crippen LogP contribution in [0, 0.1) is 6.92 Å².